The molecule has 0 radical (unpaired) electrons. The fraction of sp³-hybridized carbons (Fsp3) is 0.500. The van der Waals surface area contributed by atoms with Gasteiger partial charge in [-0.3, -0.25) is 0 Å². The van der Waals surface area contributed by atoms with E-state index in [-0.39, 0.29) is 0 Å². The topological polar surface area (TPSA) is 0 Å². The lowest BCUT2D eigenvalue weighted by Crippen LogP contribution is -2.01. The minimum Gasteiger partial charge on any atom is -0.0617 e. The van der Waals surface area contributed by atoms with E-state index < -0.39 is 0 Å². The Kier molecular flexibility index (Phi) is 1.08. The molecule has 0 heterocycles. The Morgan fingerprint density at radius 1 is 1.17 bits per heavy atom. The minimum absolute atomic E-state index is 0.667. The number of rotatable bonds is 0. The van der Waals surface area contributed by atoms with Gasteiger partial charge >= 0.3 is 0 Å². The van der Waals surface area contributed by atoms with Gasteiger partial charge in [-0.1, -0.05) is 18.2 Å². The van der Waals surface area contributed by atoms with Gasteiger partial charge in [0, 0.05) is 0 Å². The zero-order valence-corrected chi connectivity index (χ0v) is 7.56. The number of hydrogen-bond acceptors (Lipinski definition) is 0. The van der Waals surface area contributed by atoms with Crippen LogP contribution in [0, 0.1) is 6.92 Å². The molecule has 1 fully saturated rings. The van der Waals surface area contributed by atoms with E-state index in [0.29, 0.717) is 5.41 Å². The molecule has 0 saturated heterocycles. The van der Waals surface area contributed by atoms with Crippen LogP contribution in [0.5, 0.6) is 0 Å². The van der Waals surface area contributed by atoms with Crippen molar-refractivity contribution in [1.29, 1.82) is 0 Å². The van der Waals surface area contributed by atoms with Crippen LogP contribution < -0.4 is 0 Å². The van der Waals surface area contributed by atoms with Crippen LogP contribution in [-0.4, -0.2) is 0 Å². The van der Waals surface area contributed by atoms with E-state index in [1.54, 1.807) is 11.1 Å². The molecule has 2 aliphatic carbocycles. The molecule has 0 aromatic heterocycles. The highest BCUT2D eigenvalue weighted by molar-refractivity contribution is 5.47. The summed E-state index contributed by atoms with van der Waals surface area (Å²) in [6.07, 6.45) is 5.65. The Morgan fingerprint density at radius 2 is 2.00 bits per heavy atom. The van der Waals surface area contributed by atoms with Crippen molar-refractivity contribution >= 4 is 0 Å². The predicted octanol–water partition coefficient (Wildman–Crippen LogP) is 2.97. The summed E-state index contributed by atoms with van der Waals surface area (Å²) in [6, 6.07) is 6.79. The van der Waals surface area contributed by atoms with Crippen molar-refractivity contribution in [3.05, 3.63) is 34.9 Å². The number of fused-ring (bicyclic) bond motifs is 2. The molecule has 0 nitrogen and oxygen atoms in total. The lowest BCUT2D eigenvalue weighted by atomic mass is 9.94. The lowest BCUT2D eigenvalue weighted by molar-refractivity contribution is 0.678. The van der Waals surface area contributed by atoms with Gasteiger partial charge in [0.1, 0.15) is 0 Å². The number of aryl methyl sites for hydroxylation is 2. The third kappa shape index (κ3) is 0.682. The van der Waals surface area contributed by atoms with Crippen LogP contribution in [-0.2, 0) is 11.8 Å². The molecule has 0 atom stereocenters. The smallest absolute Gasteiger partial charge is 0.00378 e. The van der Waals surface area contributed by atoms with E-state index in [1.165, 1.54) is 31.2 Å². The van der Waals surface area contributed by atoms with Crippen molar-refractivity contribution in [2.75, 3.05) is 0 Å². The molecular weight excluding hydrogens is 144 g/mol. The van der Waals surface area contributed by atoms with Gasteiger partial charge in [-0.25, -0.2) is 0 Å². The van der Waals surface area contributed by atoms with Gasteiger partial charge in [0.25, 0.3) is 0 Å². The molecule has 1 saturated carbocycles. The molecule has 0 unspecified atom stereocenters. The Balaban J connectivity index is 2.26. The summed E-state index contributed by atoms with van der Waals surface area (Å²) in [6.45, 7) is 2.27. The van der Waals surface area contributed by atoms with Gasteiger partial charge in [0.05, 0.1) is 0 Å². The lowest BCUT2D eigenvalue weighted by Gasteiger charge is -2.10. The second kappa shape index (κ2) is 1.93. The van der Waals surface area contributed by atoms with Gasteiger partial charge in [-0.05, 0) is 54.7 Å². The summed E-state index contributed by atoms with van der Waals surface area (Å²) >= 11 is 0. The Hall–Kier alpha value is -0.780. The van der Waals surface area contributed by atoms with Crippen LogP contribution in [0.1, 0.15) is 36.0 Å². The normalized spacial score (nSPS) is 22.8. The van der Waals surface area contributed by atoms with E-state index in [1.807, 2.05) is 0 Å². The first-order valence-corrected chi connectivity index (χ1v) is 4.91. The van der Waals surface area contributed by atoms with E-state index >= 15 is 0 Å². The zero-order valence-electron chi connectivity index (χ0n) is 7.56. The third-order valence-corrected chi connectivity index (χ3v) is 3.62. The molecule has 0 N–H and O–H groups in total. The van der Waals surface area contributed by atoms with Crippen LogP contribution >= 0.6 is 0 Å². The zero-order chi connectivity index (χ0) is 8.18. The second-order valence-corrected chi connectivity index (χ2v) is 4.39. The first-order valence-electron chi connectivity index (χ1n) is 4.91. The summed E-state index contributed by atoms with van der Waals surface area (Å²) in [5.41, 5.74) is 5.54. The van der Waals surface area contributed by atoms with Crippen molar-refractivity contribution in [2.24, 2.45) is 0 Å². The highest BCUT2D eigenvalue weighted by Gasteiger charge is 2.48. The second-order valence-electron chi connectivity index (χ2n) is 4.39. The summed E-state index contributed by atoms with van der Waals surface area (Å²) in [5.74, 6) is 0. The van der Waals surface area contributed by atoms with Crippen molar-refractivity contribution in [1.82, 2.24) is 0 Å². The largest absolute Gasteiger partial charge is 0.0617 e. The molecule has 0 heteroatoms. The van der Waals surface area contributed by atoms with E-state index in [4.69, 9.17) is 0 Å². The van der Waals surface area contributed by atoms with Gasteiger partial charge in [0.15, 0.2) is 0 Å². The maximum absolute atomic E-state index is 2.31. The fourth-order valence-electron chi connectivity index (χ4n) is 2.85. The van der Waals surface area contributed by atoms with E-state index in [0.717, 1.165) is 0 Å². The number of benzene rings is 1. The maximum Gasteiger partial charge on any atom is -0.00378 e. The molecular formula is C12H14. The molecule has 1 aromatic rings. The summed E-state index contributed by atoms with van der Waals surface area (Å²) in [7, 11) is 0. The standard InChI is InChI=1S/C12H14/c1-9-3-2-4-10-5-6-12(7-8-12)11(9)10/h2-4H,5-8H2,1H3. The molecule has 3 rings (SSSR count). The monoisotopic (exact) mass is 158 g/mol. The SMILES string of the molecule is Cc1cccc2c1C1(CC2)CC1. The Morgan fingerprint density at radius 3 is 2.75 bits per heavy atom. The van der Waals surface area contributed by atoms with E-state index in [2.05, 4.69) is 25.1 Å². The quantitative estimate of drug-likeness (QED) is 0.544. The number of hydrogen-bond donors (Lipinski definition) is 0. The molecule has 62 valence electrons. The average Bonchev–Trinajstić information content (AvgIpc) is 2.71. The summed E-state index contributed by atoms with van der Waals surface area (Å²) in [5, 5.41) is 0. The van der Waals surface area contributed by atoms with Crippen molar-refractivity contribution in [3.8, 4) is 0 Å². The molecule has 1 aromatic carbocycles. The highest BCUT2D eigenvalue weighted by Crippen LogP contribution is 2.57. The summed E-state index contributed by atoms with van der Waals surface area (Å²) < 4.78 is 0. The third-order valence-electron chi connectivity index (χ3n) is 3.62. The van der Waals surface area contributed by atoms with Crippen molar-refractivity contribution in [3.63, 3.8) is 0 Å². The van der Waals surface area contributed by atoms with Crippen LogP contribution in [0.15, 0.2) is 18.2 Å². The van der Waals surface area contributed by atoms with Crippen LogP contribution in [0.4, 0.5) is 0 Å². The minimum atomic E-state index is 0.667. The van der Waals surface area contributed by atoms with Crippen LogP contribution in [0.2, 0.25) is 0 Å². The Bertz CT molecular complexity index is 332. The van der Waals surface area contributed by atoms with Gasteiger partial charge in [-0.15, -0.1) is 0 Å². The van der Waals surface area contributed by atoms with Crippen LogP contribution in [0.3, 0.4) is 0 Å². The van der Waals surface area contributed by atoms with Crippen molar-refractivity contribution < 1.29 is 0 Å². The highest BCUT2D eigenvalue weighted by atomic mass is 14.5. The molecule has 0 aliphatic heterocycles. The molecule has 12 heavy (non-hydrogen) atoms. The first kappa shape index (κ1) is 6.71. The average molecular weight is 158 g/mol. The maximum atomic E-state index is 2.31. The summed E-state index contributed by atoms with van der Waals surface area (Å²) in [4.78, 5) is 0. The van der Waals surface area contributed by atoms with Gasteiger partial charge in [0.2, 0.25) is 0 Å². The molecule has 2 aliphatic rings. The molecule has 0 bridgehead atoms. The van der Waals surface area contributed by atoms with Crippen molar-refractivity contribution in [2.45, 2.75) is 38.0 Å². The molecule has 0 amide bonds. The molecule has 1 spiro atoms. The van der Waals surface area contributed by atoms with E-state index in [9.17, 15) is 0 Å². The Labute approximate surface area is 73.6 Å². The van der Waals surface area contributed by atoms with Crippen LogP contribution in [0.25, 0.3) is 0 Å². The fourth-order valence-corrected chi connectivity index (χ4v) is 2.85. The first-order chi connectivity index (χ1) is 5.82. The van der Waals surface area contributed by atoms with Gasteiger partial charge in [-0.2, -0.15) is 0 Å². The predicted molar refractivity (Wildman–Crippen MR) is 50.4 cm³/mol. The van der Waals surface area contributed by atoms with Gasteiger partial charge < -0.3 is 0 Å².